The highest BCUT2D eigenvalue weighted by Crippen LogP contribution is 2.23. The van der Waals surface area contributed by atoms with Crippen LogP contribution < -0.4 is 15.4 Å². The van der Waals surface area contributed by atoms with Crippen molar-refractivity contribution in [3.05, 3.63) is 23.8 Å². The van der Waals surface area contributed by atoms with Crippen molar-refractivity contribution in [3.63, 3.8) is 0 Å². The van der Waals surface area contributed by atoms with Gasteiger partial charge in [0.05, 0.1) is 4.90 Å². The fraction of sp³-hybridized carbons (Fsp3) is 0.533. The lowest BCUT2D eigenvalue weighted by Crippen LogP contribution is -2.21. The number of hydrogen-bond acceptors (Lipinski definition) is 4. The first-order valence-corrected chi connectivity index (χ1v) is 8.96. The number of amides is 1. The SMILES string of the molecule is CNS(=O)(=O)c1cccc(NC(=O)CCC2CCNC2)c1C.Cl. The normalized spacial score (nSPS) is 17.6. The molecule has 2 rings (SSSR count). The average molecular weight is 362 g/mol. The second-order valence-corrected chi connectivity index (χ2v) is 7.44. The first-order chi connectivity index (χ1) is 10.4. The molecule has 130 valence electrons. The number of hydrogen-bond donors (Lipinski definition) is 3. The summed E-state index contributed by atoms with van der Waals surface area (Å²) in [5.74, 6) is 0.483. The van der Waals surface area contributed by atoms with Crippen molar-refractivity contribution in [2.45, 2.75) is 31.1 Å². The molecule has 1 aromatic carbocycles. The lowest BCUT2D eigenvalue weighted by atomic mass is 10.0. The third-order valence-corrected chi connectivity index (χ3v) is 5.62. The first-order valence-electron chi connectivity index (χ1n) is 7.48. The minimum Gasteiger partial charge on any atom is -0.326 e. The Kier molecular flexibility index (Phi) is 7.47. The molecule has 1 amide bonds. The van der Waals surface area contributed by atoms with Crippen molar-refractivity contribution in [3.8, 4) is 0 Å². The van der Waals surface area contributed by atoms with Crippen molar-refractivity contribution in [1.82, 2.24) is 10.0 Å². The zero-order valence-electron chi connectivity index (χ0n) is 13.4. The molecular formula is C15H24ClN3O3S. The van der Waals surface area contributed by atoms with Gasteiger partial charge in [-0.3, -0.25) is 4.79 Å². The van der Waals surface area contributed by atoms with Crippen LogP contribution in [0.1, 0.15) is 24.8 Å². The molecule has 1 aromatic rings. The van der Waals surface area contributed by atoms with Crippen LogP contribution >= 0.6 is 12.4 Å². The van der Waals surface area contributed by atoms with Crippen LogP contribution in [0.15, 0.2) is 23.1 Å². The lowest BCUT2D eigenvalue weighted by Gasteiger charge is -2.13. The Morgan fingerprint density at radius 2 is 2.13 bits per heavy atom. The van der Waals surface area contributed by atoms with E-state index in [1.54, 1.807) is 19.1 Å². The molecule has 0 saturated carbocycles. The van der Waals surface area contributed by atoms with Crippen LogP contribution in [0, 0.1) is 12.8 Å². The molecule has 0 bridgehead atoms. The van der Waals surface area contributed by atoms with Gasteiger partial charge >= 0.3 is 0 Å². The Labute approximate surface area is 143 Å². The molecule has 6 nitrogen and oxygen atoms in total. The van der Waals surface area contributed by atoms with Crippen LogP contribution in [0.3, 0.4) is 0 Å². The second-order valence-electron chi connectivity index (χ2n) is 5.58. The third-order valence-electron chi connectivity index (χ3n) is 4.06. The zero-order chi connectivity index (χ0) is 16.2. The lowest BCUT2D eigenvalue weighted by molar-refractivity contribution is -0.116. The Morgan fingerprint density at radius 1 is 1.39 bits per heavy atom. The van der Waals surface area contributed by atoms with E-state index >= 15 is 0 Å². The maximum Gasteiger partial charge on any atom is 0.240 e. The van der Waals surface area contributed by atoms with Gasteiger partial charge in [0.25, 0.3) is 0 Å². The van der Waals surface area contributed by atoms with Gasteiger partial charge in [-0.1, -0.05) is 6.07 Å². The van der Waals surface area contributed by atoms with Crippen molar-refractivity contribution in [2.75, 3.05) is 25.5 Å². The molecule has 1 fully saturated rings. The maximum absolute atomic E-state index is 12.1. The summed E-state index contributed by atoms with van der Waals surface area (Å²) < 4.78 is 26.2. The van der Waals surface area contributed by atoms with E-state index in [0.29, 0.717) is 23.6 Å². The maximum atomic E-state index is 12.1. The number of halogens is 1. The largest absolute Gasteiger partial charge is 0.326 e. The summed E-state index contributed by atoms with van der Waals surface area (Å²) in [5, 5.41) is 6.10. The van der Waals surface area contributed by atoms with Crippen LogP contribution in [0.2, 0.25) is 0 Å². The molecule has 1 unspecified atom stereocenters. The van der Waals surface area contributed by atoms with Crippen LogP contribution in [0.5, 0.6) is 0 Å². The molecule has 8 heteroatoms. The first kappa shape index (κ1) is 19.9. The second kappa shape index (κ2) is 8.63. The van der Waals surface area contributed by atoms with Gasteiger partial charge in [0.15, 0.2) is 0 Å². The number of carbonyl (C=O) groups excluding carboxylic acids is 1. The van der Waals surface area contributed by atoms with Gasteiger partial charge in [0, 0.05) is 12.1 Å². The quantitative estimate of drug-likeness (QED) is 0.719. The van der Waals surface area contributed by atoms with Gasteiger partial charge in [-0.2, -0.15) is 0 Å². The monoisotopic (exact) mass is 361 g/mol. The van der Waals surface area contributed by atoms with E-state index in [4.69, 9.17) is 0 Å². The molecule has 0 aliphatic carbocycles. The van der Waals surface area contributed by atoms with E-state index in [1.165, 1.54) is 13.1 Å². The van der Waals surface area contributed by atoms with Crippen LogP contribution in [0.25, 0.3) is 0 Å². The minimum absolute atomic E-state index is 0. The Morgan fingerprint density at radius 3 is 2.74 bits per heavy atom. The summed E-state index contributed by atoms with van der Waals surface area (Å²) >= 11 is 0. The third kappa shape index (κ3) is 5.17. The van der Waals surface area contributed by atoms with E-state index < -0.39 is 10.0 Å². The van der Waals surface area contributed by atoms with Gasteiger partial charge < -0.3 is 10.6 Å². The summed E-state index contributed by atoms with van der Waals surface area (Å²) in [4.78, 5) is 12.2. The molecule has 1 atom stereocenters. The molecule has 1 saturated heterocycles. The molecule has 3 N–H and O–H groups in total. The van der Waals surface area contributed by atoms with Crippen molar-refractivity contribution in [2.24, 2.45) is 5.92 Å². The molecule has 1 heterocycles. The highest BCUT2D eigenvalue weighted by molar-refractivity contribution is 7.89. The van der Waals surface area contributed by atoms with Crippen molar-refractivity contribution in [1.29, 1.82) is 0 Å². The van der Waals surface area contributed by atoms with Gasteiger partial charge in [0.1, 0.15) is 0 Å². The topological polar surface area (TPSA) is 87.3 Å². The zero-order valence-corrected chi connectivity index (χ0v) is 15.0. The number of rotatable bonds is 6. The van der Waals surface area contributed by atoms with Gasteiger partial charge in [0.2, 0.25) is 15.9 Å². The average Bonchev–Trinajstić information content (AvgIpc) is 3.00. The van der Waals surface area contributed by atoms with Crippen LogP contribution in [-0.2, 0) is 14.8 Å². The summed E-state index contributed by atoms with van der Waals surface area (Å²) in [7, 11) is -2.15. The van der Waals surface area contributed by atoms with E-state index in [0.717, 1.165) is 25.9 Å². The molecule has 23 heavy (non-hydrogen) atoms. The number of carbonyl (C=O) groups is 1. The predicted molar refractivity (Wildman–Crippen MR) is 93.5 cm³/mol. The van der Waals surface area contributed by atoms with Crippen molar-refractivity contribution < 1.29 is 13.2 Å². The van der Waals surface area contributed by atoms with E-state index in [-0.39, 0.29) is 23.2 Å². The fourth-order valence-corrected chi connectivity index (χ4v) is 3.65. The van der Waals surface area contributed by atoms with Gasteiger partial charge in [-0.25, -0.2) is 13.1 Å². The Bertz CT molecular complexity index is 643. The standard InChI is InChI=1S/C15H23N3O3S.ClH/c1-11-13(4-3-5-14(11)22(20,21)16-2)18-15(19)7-6-12-8-9-17-10-12;/h3-5,12,16-17H,6-10H2,1-2H3,(H,18,19);1H. The van der Waals surface area contributed by atoms with Gasteiger partial charge in [-0.15, -0.1) is 12.4 Å². The van der Waals surface area contributed by atoms with E-state index in [9.17, 15) is 13.2 Å². The van der Waals surface area contributed by atoms with Crippen molar-refractivity contribution >= 4 is 34.0 Å². The molecule has 1 aliphatic heterocycles. The highest BCUT2D eigenvalue weighted by atomic mass is 35.5. The van der Waals surface area contributed by atoms with E-state index in [2.05, 4.69) is 15.4 Å². The summed E-state index contributed by atoms with van der Waals surface area (Å²) in [5.41, 5.74) is 1.10. The summed E-state index contributed by atoms with van der Waals surface area (Å²) in [6, 6.07) is 4.88. The summed E-state index contributed by atoms with van der Waals surface area (Å²) in [6.07, 6.45) is 2.42. The smallest absolute Gasteiger partial charge is 0.240 e. The van der Waals surface area contributed by atoms with E-state index in [1.807, 2.05) is 0 Å². The predicted octanol–water partition coefficient (Wildman–Crippen LogP) is 1.65. The fourth-order valence-electron chi connectivity index (χ4n) is 2.66. The molecule has 0 spiro atoms. The number of nitrogens with one attached hydrogen (secondary N) is 3. The Hall–Kier alpha value is -1.15. The van der Waals surface area contributed by atoms with Crippen LogP contribution in [-0.4, -0.2) is 34.5 Å². The summed E-state index contributed by atoms with van der Waals surface area (Å²) in [6.45, 7) is 3.69. The molecule has 0 aromatic heterocycles. The van der Waals surface area contributed by atoms with Crippen LogP contribution in [0.4, 0.5) is 5.69 Å². The molecule has 0 radical (unpaired) electrons. The number of sulfonamides is 1. The molecular weight excluding hydrogens is 338 g/mol. The number of benzene rings is 1. The minimum atomic E-state index is -3.52. The highest BCUT2D eigenvalue weighted by Gasteiger charge is 2.18. The number of anilines is 1. The Balaban J connectivity index is 0.00000264. The molecule has 1 aliphatic rings. The van der Waals surface area contributed by atoms with Gasteiger partial charge in [-0.05, 0) is 63.5 Å².